The third-order valence-electron chi connectivity index (χ3n) is 2.42. The SMILES string of the molecule is C/C=C\C(=C/CC)c1ccc(NCCC)nc1. The molecule has 0 aliphatic heterocycles. The number of nitrogens with one attached hydrogen (secondary N) is 1. The van der Waals surface area contributed by atoms with Gasteiger partial charge in [-0.25, -0.2) is 4.98 Å². The second-order valence-corrected chi connectivity index (χ2v) is 3.93. The first-order valence-corrected chi connectivity index (χ1v) is 6.35. The van der Waals surface area contributed by atoms with Gasteiger partial charge in [-0.2, -0.15) is 0 Å². The number of rotatable bonds is 6. The quantitative estimate of drug-likeness (QED) is 0.738. The Kier molecular flexibility index (Phi) is 6.08. The van der Waals surface area contributed by atoms with Crippen molar-refractivity contribution in [1.82, 2.24) is 4.98 Å². The molecule has 0 radical (unpaired) electrons. The van der Waals surface area contributed by atoms with E-state index in [2.05, 4.69) is 48.4 Å². The molecule has 0 aromatic carbocycles. The van der Waals surface area contributed by atoms with Crippen LogP contribution in [0.1, 0.15) is 39.2 Å². The fourth-order valence-corrected chi connectivity index (χ4v) is 1.60. The zero-order valence-electron chi connectivity index (χ0n) is 11.0. The summed E-state index contributed by atoms with van der Waals surface area (Å²) in [6.45, 7) is 7.30. The molecule has 1 heterocycles. The van der Waals surface area contributed by atoms with Crippen LogP contribution in [0.25, 0.3) is 5.57 Å². The maximum absolute atomic E-state index is 4.42. The van der Waals surface area contributed by atoms with Crippen LogP contribution in [-0.4, -0.2) is 11.5 Å². The van der Waals surface area contributed by atoms with Gasteiger partial charge in [0.25, 0.3) is 0 Å². The van der Waals surface area contributed by atoms with Crippen molar-refractivity contribution >= 4 is 11.4 Å². The molecule has 0 spiro atoms. The van der Waals surface area contributed by atoms with E-state index < -0.39 is 0 Å². The molecule has 1 aromatic rings. The van der Waals surface area contributed by atoms with Crippen LogP contribution in [0.5, 0.6) is 0 Å². The molecule has 17 heavy (non-hydrogen) atoms. The van der Waals surface area contributed by atoms with Crippen LogP contribution in [0.4, 0.5) is 5.82 Å². The summed E-state index contributed by atoms with van der Waals surface area (Å²) in [4.78, 5) is 4.42. The predicted octanol–water partition coefficient (Wildman–Crippen LogP) is 4.27. The van der Waals surface area contributed by atoms with Gasteiger partial charge in [0.05, 0.1) is 0 Å². The fourth-order valence-electron chi connectivity index (χ4n) is 1.60. The largest absolute Gasteiger partial charge is 0.370 e. The van der Waals surface area contributed by atoms with E-state index in [0.717, 1.165) is 25.2 Å². The normalized spacial score (nSPS) is 12.1. The number of hydrogen-bond donors (Lipinski definition) is 1. The van der Waals surface area contributed by atoms with Gasteiger partial charge in [0, 0.05) is 12.7 Å². The minimum absolute atomic E-state index is 0.951. The van der Waals surface area contributed by atoms with Crippen LogP contribution in [0.2, 0.25) is 0 Å². The summed E-state index contributed by atoms with van der Waals surface area (Å²) in [6.07, 6.45) is 10.5. The van der Waals surface area contributed by atoms with Gasteiger partial charge in [-0.05, 0) is 43.0 Å². The Bertz CT molecular complexity index is 374. The Hall–Kier alpha value is -1.57. The first-order valence-electron chi connectivity index (χ1n) is 6.35. The van der Waals surface area contributed by atoms with E-state index in [9.17, 15) is 0 Å². The topological polar surface area (TPSA) is 24.9 Å². The number of aromatic nitrogens is 1. The van der Waals surface area contributed by atoms with Gasteiger partial charge in [0.1, 0.15) is 5.82 Å². The van der Waals surface area contributed by atoms with E-state index in [0.29, 0.717) is 0 Å². The third-order valence-corrected chi connectivity index (χ3v) is 2.42. The number of pyridine rings is 1. The predicted molar refractivity (Wildman–Crippen MR) is 76.1 cm³/mol. The van der Waals surface area contributed by atoms with E-state index in [1.54, 1.807) is 0 Å². The van der Waals surface area contributed by atoms with E-state index in [1.807, 2.05) is 19.2 Å². The average molecular weight is 230 g/mol. The molecule has 2 heteroatoms. The van der Waals surface area contributed by atoms with Crippen molar-refractivity contribution in [3.63, 3.8) is 0 Å². The van der Waals surface area contributed by atoms with Crippen molar-refractivity contribution in [2.75, 3.05) is 11.9 Å². The molecule has 0 aliphatic carbocycles. The summed E-state index contributed by atoms with van der Waals surface area (Å²) in [5.74, 6) is 0.951. The molecular formula is C15H22N2. The molecule has 1 aromatic heterocycles. The summed E-state index contributed by atoms with van der Waals surface area (Å²) < 4.78 is 0. The molecule has 1 N–H and O–H groups in total. The van der Waals surface area contributed by atoms with E-state index in [1.165, 1.54) is 11.1 Å². The molecule has 92 valence electrons. The Morgan fingerprint density at radius 2 is 2.18 bits per heavy atom. The minimum Gasteiger partial charge on any atom is -0.370 e. The van der Waals surface area contributed by atoms with Crippen LogP contribution in [-0.2, 0) is 0 Å². The molecule has 0 fully saturated rings. The molecule has 0 atom stereocenters. The van der Waals surface area contributed by atoms with Crippen molar-refractivity contribution < 1.29 is 0 Å². The molecule has 0 saturated carbocycles. The van der Waals surface area contributed by atoms with E-state index in [-0.39, 0.29) is 0 Å². The van der Waals surface area contributed by atoms with Crippen LogP contribution in [0.15, 0.2) is 36.6 Å². The molecule has 0 unspecified atom stereocenters. The molecular weight excluding hydrogens is 208 g/mol. The van der Waals surface area contributed by atoms with Gasteiger partial charge in [-0.15, -0.1) is 0 Å². The van der Waals surface area contributed by atoms with Crippen LogP contribution in [0, 0.1) is 0 Å². The molecule has 0 amide bonds. The lowest BCUT2D eigenvalue weighted by atomic mass is 10.1. The lowest BCUT2D eigenvalue weighted by Crippen LogP contribution is -2.01. The second kappa shape index (κ2) is 7.66. The maximum Gasteiger partial charge on any atom is 0.125 e. The maximum atomic E-state index is 4.42. The Labute approximate surface area is 104 Å². The molecule has 0 saturated heterocycles. The average Bonchev–Trinajstić information content (AvgIpc) is 2.37. The highest BCUT2D eigenvalue weighted by atomic mass is 15.0. The van der Waals surface area contributed by atoms with E-state index >= 15 is 0 Å². The highest BCUT2D eigenvalue weighted by Gasteiger charge is 1.98. The van der Waals surface area contributed by atoms with Crippen LogP contribution < -0.4 is 5.32 Å². The summed E-state index contributed by atoms with van der Waals surface area (Å²) in [5, 5.41) is 3.28. The van der Waals surface area contributed by atoms with Crippen LogP contribution >= 0.6 is 0 Å². The van der Waals surface area contributed by atoms with Gasteiger partial charge in [0.2, 0.25) is 0 Å². The fraction of sp³-hybridized carbons (Fsp3) is 0.400. The molecule has 2 nitrogen and oxygen atoms in total. The van der Waals surface area contributed by atoms with Gasteiger partial charge in [-0.3, -0.25) is 0 Å². The highest BCUT2D eigenvalue weighted by Crippen LogP contribution is 2.17. The van der Waals surface area contributed by atoms with Gasteiger partial charge in [-0.1, -0.05) is 32.1 Å². The zero-order chi connectivity index (χ0) is 12.5. The summed E-state index contributed by atoms with van der Waals surface area (Å²) >= 11 is 0. The lowest BCUT2D eigenvalue weighted by molar-refractivity contribution is 0.969. The lowest BCUT2D eigenvalue weighted by Gasteiger charge is -2.06. The Morgan fingerprint density at radius 1 is 1.35 bits per heavy atom. The second-order valence-electron chi connectivity index (χ2n) is 3.93. The first-order chi connectivity index (χ1) is 8.31. The highest BCUT2D eigenvalue weighted by molar-refractivity contribution is 5.73. The Morgan fingerprint density at radius 3 is 2.71 bits per heavy atom. The van der Waals surface area contributed by atoms with Crippen molar-refractivity contribution in [1.29, 1.82) is 0 Å². The zero-order valence-corrected chi connectivity index (χ0v) is 11.0. The van der Waals surface area contributed by atoms with Crippen molar-refractivity contribution in [2.45, 2.75) is 33.6 Å². The number of anilines is 1. The summed E-state index contributed by atoms with van der Waals surface area (Å²) in [6, 6.07) is 4.16. The smallest absolute Gasteiger partial charge is 0.125 e. The standard InChI is InChI=1S/C15H22N2/c1-4-7-13(8-5-2)14-9-10-15(17-12-14)16-11-6-3/h4,7-10,12H,5-6,11H2,1-3H3,(H,16,17)/b7-4-,13-8+. The van der Waals surface area contributed by atoms with Crippen molar-refractivity contribution in [3.8, 4) is 0 Å². The summed E-state index contributed by atoms with van der Waals surface area (Å²) in [5.41, 5.74) is 2.41. The number of allylic oxidation sites excluding steroid dienone is 4. The number of hydrogen-bond acceptors (Lipinski definition) is 2. The van der Waals surface area contributed by atoms with Gasteiger partial charge in [0.15, 0.2) is 0 Å². The summed E-state index contributed by atoms with van der Waals surface area (Å²) in [7, 11) is 0. The monoisotopic (exact) mass is 230 g/mol. The van der Waals surface area contributed by atoms with E-state index in [4.69, 9.17) is 0 Å². The number of nitrogens with zero attached hydrogens (tertiary/aromatic N) is 1. The molecule has 0 bridgehead atoms. The van der Waals surface area contributed by atoms with Crippen molar-refractivity contribution in [3.05, 3.63) is 42.1 Å². The van der Waals surface area contributed by atoms with Gasteiger partial charge >= 0.3 is 0 Å². The Balaban J connectivity index is 2.81. The molecule has 0 aliphatic rings. The minimum atomic E-state index is 0.951. The molecule has 1 rings (SSSR count). The van der Waals surface area contributed by atoms with Crippen LogP contribution in [0.3, 0.4) is 0 Å². The van der Waals surface area contributed by atoms with Gasteiger partial charge < -0.3 is 5.32 Å². The first kappa shape index (κ1) is 13.5. The van der Waals surface area contributed by atoms with Crippen molar-refractivity contribution in [2.24, 2.45) is 0 Å². The third kappa shape index (κ3) is 4.43.